The zero-order chi connectivity index (χ0) is 17.1. The third-order valence-corrected chi connectivity index (χ3v) is 6.24. The summed E-state index contributed by atoms with van der Waals surface area (Å²) in [5.74, 6) is 0.774. The molecule has 0 atom stereocenters. The normalized spacial score (nSPS) is 19.8. The van der Waals surface area contributed by atoms with Crippen molar-refractivity contribution in [2.45, 2.75) is 76.3 Å². The fourth-order valence-electron chi connectivity index (χ4n) is 4.95. The Morgan fingerprint density at radius 3 is 1.92 bits per heavy atom. The van der Waals surface area contributed by atoms with Crippen molar-refractivity contribution in [1.82, 2.24) is 4.90 Å². The second kappa shape index (κ2) is 7.59. The minimum absolute atomic E-state index is 0.573. The Hall–Kier alpha value is -1.83. The zero-order valence-electron chi connectivity index (χ0n) is 15.2. The summed E-state index contributed by atoms with van der Waals surface area (Å²) in [5.41, 5.74) is 1.12. The van der Waals surface area contributed by atoms with Gasteiger partial charge in [0.2, 0.25) is 0 Å². The third kappa shape index (κ3) is 3.44. The number of nitrogens with zero attached hydrogens (tertiary/aromatic N) is 1. The first-order chi connectivity index (χ1) is 12.3. The van der Waals surface area contributed by atoms with Crippen LogP contribution in [0, 0.1) is 5.41 Å². The van der Waals surface area contributed by atoms with Crippen molar-refractivity contribution in [3.63, 3.8) is 0 Å². The first kappa shape index (κ1) is 16.6. The average Bonchev–Trinajstić information content (AvgIpc) is 2.69. The lowest BCUT2D eigenvalue weighted by molar-refractivity contribution is 0.157. The molecular weight excluding hydrogens is 304 g/mol. The van der Waals surface area contributed by atoms with Crippen LogP contribution in [0.15, 0.2) is 42.5 Å². The van der Waals surface area contributed by atoms with Crippen molar-refractivity contribution in [2.75, 3.05) is 0 Å². The highest BCUT2D eigenvalue weighted by molar-refractivity contribution is 6.08. The lowest BCUT2D eigenvalue weighted by Gasteiger charge is -2.43. The summed E-state index contributed by atoms with van der Waals surface area (Å²) in [7, 11) is 0. The molecule has 1 N–H and O–H groups in total. The van der Waals surface area contributed by atoms with Gasteiger partial charge in [0.25, 0.3) is 0 Å². The van der Waals surface area contributed by atoms with Crippen LogP contribution in [-0.4, -0.2) is 22.8 Å². The molecule has 0 unspecified atom stereocenters. The molecule has 132 valence electrons. The average molecular weight is 335 g/mol. The van der Waals surface area contributed by atoms with Crippen molar-refractivity contribution in [3.8, 4) is 0 Å². The van der Waals surface area contributed by atoms with E-state index in [-0.39, 0.29) is 0 Å². The van der Waals surface area contributed by atoms with E-state index in [0.29, 0.717) is 12.1 Å². The highest BCUT2D eigenvalue weighted by Gasteiger charge is 2.31. The molecule has 4 rings (SSSR count). The van der Waals surface area contributed by atoms with Crippen LogP contribution in [0.4, 0.5) is 0 Å². The summed E-state index contributed by atoms with van der Waals surface area (Å²) in [6.45, 7) is 0. The first-order valence-corrected chi connectivity index (χ1v) is 10.2. The van der Waals surface area contributed by atoms with Gasteiger partial charge in [-0.3, -0.25) is 5.41 Å². The molecule has 2 nitrogen and oxygen atoms in total. The number of nitrogens with one attached hydrogen (secondary N) is 1. The molecule has 0 aliphatic heterocycles. The van der Waals surface area contributed by atoms with Crippen LogP contribution in [0.3, 0.4) is 0 Å². The maximum atomic E-state index is 9.17. The van der Waals surface area contributed by atoms with Gasteiger partial charge < -0.3 is 4.90 Å². The summed E-state index contributed by atoms with van der Waals surface area (Å²) >= 11 is 0. The van der Waals surface area contributed by atoms with Crippen molar-refractivity contribution < 1.29 is 0 Å². The van der Waals surface area contributed by atoms with Crippen LogP contribution in [0.2, 0.25) is 0 Å². The maximum absolute atomic E-state index is 9.17. The van der Waals surface area contributed by atoms with Crippen molar-refractivity contribution in [3.05, 3.63) is 48.0 Å². The number of amidine groups is 1. The summed E-state index contributed by atoms with van der Waals surface area (Å²) in [5, 5.41) is 11.6. The van der Waals surface area contributed by atoms with Gasteiger partial charge in [-0.05, 0) is 36.5 Å². The minimum Gasteiger partial charge on any atom is -0.351 e. The lowest BCUT2D eigenvalue weighted by Crippen LogP contribution is -2.48. The number of fused-ring (bicyclic) bond motifs is 1. The predicted octanol–water partition coefficient (Wildman–Crippen LogP) is 6.13. The van der Waals surface area contributed by atoms with Crippen molar-refractivity contribution in [1.29, 1.82) is 5.41 Å². The summed E-state index contributed by atoms with van der Waals surface area (Å²) in [4.78, 5) is 2.54. The fraction of sp³-hybridized carbons (Fsp3) is 0.522. The zero-order valence-corrected chi connectivity index (χ0v) is 15.2. The number of hydrogen-bond acceptors (Lipinski definition) is 1. The van der Waals surface area contributed by atoms with E-state index >= 15 is 0 Å². The molecule has 2 saturated carbocycles. The Kier molecular flexibility index (Phi) is 5.05. The monoisotopic (exact) mass is 334 g/mol. The quantitative estimate of drug-likeness (QED) is 0.530. The maximum Gasteiger partial charge on any atom is 0.129 e. The molecule has 2 aliphatic rings. The van der Waals surface area contributed by atoms with E-state index in [0.717, 1.165) is 11.4 Å². The molecule has 2 heteroatoms. The van der Waals surface area contributed by atoms with Gasteiger partial charge in [-0.15, -0.1) is 0 Å². The van der Waals surface area contributed by atoms with E-state index in [2.05, 4.69) is 47.4 Å². The molecule has 0 aromatic heterocycles. The van der Waals surface area contributed by atoms with Crippen LogP contribution in [0.1, 0.15) is 69.8 Å². The first-order valence-electron chi connectivity index (χ1n) is 10.2. The van der Waals surface area contributed by atoms with Crippen LogP contribution in [0.5, 0.6) is 0 Å². The van der Waals surface area contributed by atoms with Crippen molar-refractivity contribution >= 4 is 16.6 Å². The summed E-state index contributed by atoms with van der Waals surface area (Å²) < 4.78 is 0. The van der Waals surface area contributed by atoms with Gasteiger partial charge in [0.1, 0.15) is 5.84 Å². The fourth-order valence-corrected chi connectivity index (χ4v) is 4.95. The number of hydrogen-bond donors (Lipinski definition) is 1. The highest BCUT2D eigenvalue weighted by atomic mass is 15.2. The van der Waals surface area contributed by atoms with Crippen LogP contribution >= 0.6 is 0 Å². The molecule has 0 bridgehead atoms. The van der Waals surface area contributed by atoms with Crippen LogP contribution in [0.25, 0.3) is 10.8 Å². The molecule has 0 spiro atoms. The van der Waals surface area contributed by atoms with Gasteiger partial charge in [-0.25, -0.2) is 0 Å². The molecule has 2 fully saturated rings. The second-order valence-electron chi connectivity index (χ2n) is 7.87. The SMILES string of the molecule is N=C(c1cccc2ccccc12)N(C1CCCCC1)C1CCCCC1. The van der Waals surface area contributed by atoms with Gasteiger partial charge in [-0.2, -0.15) is 0 Å². The molecule has 2 aliphatic carbocycles. The third-order valence-electron chi connectivity index (χ3n) is 6.24. The topological polar surface area (TPSA) is 27.1 Å². The van der Waals surface area contributed by atoms with E-state index < -0.39 is 0 Å². The summed E-state index contributed by atoms with van der Waals surface area (Å²) in [6, 6.07) is 16.1. The van der Waals surface area contributed by atoms with Crippen LogP contribution in [-0.2, 0) is 0 Å². The molecule has 0 radical (unpaired) electrons. The molecule has 2 aromatic carbocycles. The van der Waals surface area contributed by atoms with Gasteiger partial charge in [0, 0.05) is 17.6 Å². The Morgan fingerprint density at radius 1 is 0.720 bits per heavy atom. The Morgan fingerprint density at radius 2 is 1.28 bits per heavy atom. The summed E-state index contributed by atoms with van der Waals surface area (Å²) in [6.07, 6.45) is 13.1. The van der Waals surface area contributed by atoms with E-state index in [9.17, 15) is 0 Å². The Balaban J connectivity index is 1.70. The highest BCUT2D eigenvalue weighted by Crippen LogP contribution is 2.32. The molecular formula is C23H30N2. The Bertz CT molecular complexity index is 700. The number of benzene rings is 2. The van der Waals surface area contributed by atoms with E-state index in [1.807, 2.05) is 0 Å². The molecule has 0 heterocycles. The van der Waals surface area contributed by atoms with E-state index in [4.69, 9.17) is 5.41 Å². The van der Waals surface area contributed by atoms with E-state index in [1.54, 1.807) is 0 Å². The van der Waals surface area contributed by atoms with Gasteiger partial charge >= 0.3 is 0 Å². The largest absolute Gasteiger partial charge is 0.351 e. The molecule has 25 heavy (non-hydrogen) atoms. The lowest BCUT2D eigenvalue weighted by atomic mass is 9.87. The Labute approximate surface area is 151 Å². The van der Waals surface area contributed by atoms with Gasteiger partial charge in [-0.1, -0.05) is 81.0 Å². The molecule has 0 amide bonds. The standard InChI is InChI=1S/C23H30N2/c24-23(22-17-9-11-18-10-7-8-16-21(18)22)25(19-12-3-1-4-13-19)20-14-5-2-6-15-20/h7-11,16-17,19-20,24H,1-6,12-15H2. The smallest absolute Gasteiger partial charge is 0.129 e. The van der Waals surface area contributed by atoms with E-state index in [1.165, 1.54) is 75.0 Å². The van der Waals surface area contributed by atoms with Crippen LogP contribution < -0.4 is 0 Å². The van der Waals surface area contributed by atoms with Crippen molar-refractivity contribution in [2.24, 2.45) is 0 Å². The molecule has 2 aromatic rings. The van der Waals surface area contributed by atoms with Gasteiger partial charge in [0.15, 0.2) is 0 Å². The van der Waals surface area contributed by atoms with Gasteiger partial charge in [0.05, 0.1) is 0 Å². The second-order valence-corrected chi connectivity index (χ2v) is 7.87. The minimum atomic E-state index is 0.573. The number of rotatable bonds is 3. The predicted molar refractivity (Wildman–Crippen MR) is 106 cm³/mol. The molecule has 0 saturated heterocycles.